The van der Waals surface area contributed by atoms with E-state index >= 15 is 0 Å². The standard InChI is InChI=1S/C12H8Cl2.C4H6O2.C2H4O2.C2H4/c13-11-8-4-7-10(12(11)14)9-5-2-1-3-6-9;1-3(2)4(5)6;1-2(3)4;1-2/h1-8H;1H2,2H3,(H,5,6);1H3,(H,3,4);1-2H2. The van der Waals surface area contributed by atoms with E-state index in [0.717, 1.165) is 18.1 Å². The van der Waals surface area contributed by atoms with Gasteiger partial charge in [-0.1, -0.05) is 72.2 Å². The Bertz CT molecular complexity index is 697. The molecule has 0 fully saturated rings. The summed E-state index contributed by atoms with van der Waals surface area (Å²) >= 11 is 12.0. The highest BCUT2D eigenvalue weighted by molar-refractivity contribution is 6.43. The third-order valence-electron chi connectivity index (χ3n) is 2.40. The number of hydrogen-bond donors (Lipinski definition) is 2. The fraction of sp³-hybridized carbons (Fsp3) is 0.100. The normalized spacial score (nSPS) is 8.31. The van der Waals surface area contributed by atoms with E-state index in [9.17, 15) is 4.79 Å². The van der Waals surface area contributed by atoms with Gasteiger partial charge in [0.15, 0.2) is 0 Å². The maximum atomic E-state index is 9.60. The number of carboxylic acids is 2. The lowest BCUT2D eigenvalue weighted by Crippen LogP contribution is -1.92. The zero-order chi connectivity index (χ0) is 20.7. The van der Waals surface area contributed by atoms with Gasteiger partial charge in [-0.15, -0.1) is 13.2 Å². The van der Waals surface area contributed by atoms with E-state index in [2.05, 4.69) is 19.7 Å². The lowest BCUT2D eigenvalue weighted by Gasteiger charge is -2.04. The quantitative estimate of drug-likeness (QED) is 0.467. The van der Waals surface area contributed by atoms with Gasteiger partial charge in [0.1, 0.15) is 0 Å². The largest absolute Gasteiger partial charge is 0.481 e. The molecule has 2 aromatic rings. The van der Waals surface area contributed by atoms with E-state index < -0.39 is 11.9 Å². The number of aliphatic carboxylic acids is 2. The minimum atomic E-state index is -0.935. The van der Waals surface area contributed by atoms with Crippen LogP contribution in [-0.4, -0.2) is 22.2 Å². The van der Waals surface area contributed by atoms with Crippen LogP contribution in [0.3, 0.4) is 0 Å². The molecule has 2 N–H and O–H groups in total. The van der Waals surface area contributed by atoms with Crippen LogP contribution in [0.25, 0.3) is 11.1 Å². The molecule has 0 aliphatic rings. The Morgan fingerprint density at radius 2 is 1.31 bits per heavy atom. The zero-order valence-electron chi connectivity index (χ0n) is 14.7. The van der Waals surface area contributed by atoms with Crippen molar-refractivity contribution < 1.29 is 19.8 Å². The van der Waals surface area contributed by atoms with Crippen molar-refractivity contribution in [2.45, 2.75) is 13.8 Å². The van der Waals surface area contributed by atoms with Crippen LogP contribution < -0.4 is 0 Å². The van der Waals surface area contributed by atoms with Crippen LogP contribution in [0.2, 0.25) is 10.0 Å². The fourth-order valence-corrected chi connectivity index (χ4v) is 1.75. The summed E-state index contributed by atoms with van der Waals surface area (Å²) in [6, 6.07) is 15.6. The van der Waals surface area contributed by atoms with Gasteiger partial charge in [0.05, 0.1) is 10.0 Å². The predicted molar refractivity (Wildman–Crippen MR) is 109 cm³/mol. The van der Waals surface area contributed by atoms with E-state index in [0.29, 0.717) is 10.0 Å². The van der Waals surface area contributed by atoms with Gasteiger partial charge in [-0.3, -0.25) is 4.79 Å². The van der Waals surface area contributed by atoms with E-state index in [1.54, 1.807) is 6.07 Å². The maximum Gasteiger partial charge on any atom is 0.330 e. The van der Waals surface area contributed by atoms with Crippen LogP contribution in [-0.2, 0) is 9.59 Å². The van der Waals surface area contributed by atoms with Crippen molar-refractivity contribution in [3.63, 3.8) is 0 Å². The minimum absolute atomic E-state index is 0.176. The monoisotopic (exact) mass is 396 g/mol. The molecule has 4 nitrogen and oxygen atoms in total. The molecule has 0 aliphatic carbocycles. The summed E-state index contributed by atoms with van der Waals surface area (Å²) in [6.07, 6.45) is 0. The minimum Gasteiger partial charge on any atom is -0.481 e. The molecule has 0 saturated heterocycles. The number of hydrogen-bond acceptors (Lipinski definition) is 2. The third-order valence-corrected chi connectivity index (χ3v) is 3.22. The first-order valence-electron chi connectivity index (χ1n) is 7.24. The molecule has 0 bridgehead atoms. The Kier molecular flexibility index (Phi) is 14.6. The van der Waals surface area contributed by atoms with Gasteiger partial charge in [0.2, 0.25) is 0 Å². The molecule has 2 rings (SSSR count). The van der Waals surface area contributed by atoms with E-state index in [1.165, 1.54) is 6.92 Å². The zero-order valence-corrected chi connectivity index (χ0v) is 16.2. The second kappa shape index (κ2) is 14.8. The molecule has 0 heterocycles. The van der Waals surface area contributed by atoms with Crippen LogP contribution in [0.15, 0.2) is 73.8 Å². The second-order valence-electron chi connectivity index (χ2n) is 4.57. The van der Waals surface area contributed by atoms with Crippen LogP contribution in [0, 0.1) is 0 Å². The van der Waals surface area contributed by atoms with Gasteiger partial charge in [0, 0.05) is 18.1 Å². The van der Waals surface area contributed by atoms with Crippen molar-refractivity contribution >= 4 is 35.1 Å². The topological polar surface area (TPSA) is 74.6 Å². The van der Waals surface area contributed by atoms with Crippen molar-refractivity contribution in [3.05, 3.63) is 83.9 Å². The first kappa shape index (κ1) is 25.7. The summed E-state index contributed by atoms with van der Waals surface area (Å²) in [5.74, 6) is -1.77. The van der Waals surface area contributed by atoms with Crippen molar-refractivity contribution in [2.75, 3.05) is 0 Å². The third kappa shape index (κ3) is 11.9. The highest BCUT2D eigenvalue weighted by atomic mass is 35.5. The van der Waals surface area contributed by atoms with Gasteiger partial charge in [0.25, 0.3) is 5.97 Å². The molecule has 0 aliphatic heterocycles. The summed E-state index contributed by atoms with van der Waals surface area (Å²) < 4.78 is 0. The molecule has 0 radical (unpaired) electrons. The maximum absolute atomic E-state index is 9.60. The molecular formula is C20H22Cl2O4. The van der Waals surface area contributed by atoms with Gasteiger partial charge < -0.3 is 10.2 Å². The Balaban J connectivity index is 0. The SMILES string of the molecule is C=C.C=C(C)C(=O)O.CC(=O)O.Clc1cccc(-c2ccccc2)c1Cl. The van der Waals surface area contributed by atoms with Gasteiger partial charge in [-0.05, 0) is 18.6 Å². The molecule has 0 atom stereocenters. The highest BCUT2D eigenvalue weighted by Gasteiger charge is 2.05. The molecule has 0 saturated carbocycles. The predicted octanol–water partition coefficient (Wildman–Crippen LogP) is 6.20. The van der Waals surface area contributed by atoms with Crippen molar-refractivity contribution in [2.24, 2.45) is 0 Å². The van der Waals surface area contributed by atoms with Gasteiger partial charge in [-0.2, -0.15) is 0 Å². The Labute approximate surface area is 164 Å². The van der Waals surface area contributed by atoms with Crippen LogP contribution >= 0.6 is 23.2 Å². The summed E-state index contributed by atoms with van der Waals surface area (Å²) in [5, 5.41) is 16.5. The molecule has 2 aromatic carbocycles. The second-order valence-corrected chi connectivity index (χ2v) is 5.36. The smallest absolute Gasteiger partial charge is 0.330 e. The average molecular weight is 397 g/mol. The molecule has 0 unspecified atom stereocenters. The number of carbonyl (C=O) groups is 2. The first-order chi connectivity index (χ1) is 12.2. The van der Waals surface area contributed by atoms with E-state index in [1.807, 2.05) is 42.5 Å². The molecular weight excluding hydrogens is 375 g/mol. The van der Waals surface area contributed by atoms with E-state index in [-0.39, 0.29) is 5.57 Å². The average Bonchev–Trinajstić information content (AvgIpc) is 2.60. The molecule has 0 spiro atoms. The summed E-state index contributed by atoms with van der Waals surface area (Å²) in [7, 11) is 0. The van der Waals surface area contributed by atoms with E-state index in [4.69, 9.17) is 38.2 Å². The summed E-state index contributed by atoms with van der Waals surface area (Å²) in [5.41, 5.74) is 2.23. The Hall–Kier alpha value is -2.56. The number of carboxylic acid groups (broad SMARTS) is 2. The Morgan fingerprint density at radius 1 is 0.885 bits per heavy atom. The first-order valence-corrected chi connectivity index (χ1v) is 8.00. The molecule has 26 heavy (non-hydrogen) atoms. The molecule has 140 valence electrons. The number of benzene rings is 2. The number of halogens is 2. The lowest BCUT2D eigenvalue weighted by molar-refractivity contribution is -0.134. The Morgan fingerprint density at radius 3 is 1.69 bits per heavy atom. The van der Waals surface area contributed by atoms with Crippen molar-refractivity contribution in [1.29, 1.82) is 0 Å². The van der Waals surface area contributed by atoms with Crippen LogP contribution in [0.4, 0.5) is 0 Å². The molecule has 0 amide bonds. The highest BCUT2D eigenvalue weighted by Crippen LogP contribution is 2.32. The van der Waals surface area contributed by atoms with Crippen LogP contribution in [0.5, 0.6) is 0 Å². The van der Waals surface area contributed by atoms with Crippen molar-refractivity contribution in [1.82, 2.24) is 0 Å². The molecule has 6 heteroatoms. The molecule has 0 aromatic heterocycles. The summed E-state index contributed by atoms with van der Waals surface area (Å²) in [4.78, 5) is 18.6. The number of rotatable bonds is 2. The fourth-order valence-electron chi connectivity index (χ4n) is 1.34. The lowest BCUT2D eigenvalue weighted by atomic mass is 10.1. The van der Waals surface area contributed by atoms with Gasteiger partial charge >= 0.3 is 5.97 Å². The van der Waals surface area contributed by atoms with Crippen LogP contribution in [0.1, 0.15) is 13.8 Å². The summed E-state index contributed by atoms with van der Waals surface area (Å²) in [6.45, 7) is 11.7. The van der Waals surface area contributed by atoms with Crippen molar-refractivity contribution in [3.8, 4) is 11.1 Å². The van der Waals surface area contributed by atoms with Gasteiger partial charge in [-0.25, -0.2) is 4.79 Å².